The molecule has 0 saturated heterocycles. The van der Waals surface area contributed by atoms with Gasteiger partial charge in [0.1, 0.15) is 11.3 Å². The van der Waals surface area contributed by atoms with Gasteiger partial charge in [-0.3, -0.25) is 9.97 Å². The standard InChI is InChI=1S/C17H16N2O/c1-12(2)14-9-13-5-3-8-19-17(13)16(10-14)20-15-6-4-7-18-11-15/h3-12H,1-2H3. The number of hydrogen-bond donors (Lipinski definition) is 0. The van der Waals surface area contributed by atoms with Crippen molar-refractivity contribution in [1.82, 2.24) is 9.97 Å². The topological polar surface area (TPSA) is 35.0 Å². The average Bonchev–Trinajstić information content (AvgIpc) is 2.48. The number of aromatic nitrogens is 2. The van der Waals surface area contributed by atoms with E-state index in [4.69, 9.17) is 4.74 Å². The van der Waals surface area contributed by atoms with Gasteiger partial charge in [0.15, 0.2) is 5.75 Å². The molecule has 0 spiro atoms. The van der Waals surface area contributed by atoms with Crippen molar-refractivity contribution in [3.8, 4) is 11.5 Å². The molecule has 1 aromatic carbocycles. The number of rotatable bonds is 3. The van der Waals surface area contributed by atoms with Crippen LogP contribution >= 0.6 is 0 Å². The van der Waals surface area contributed by atoms with Gasteiger partial charge in [0.25, 0.3) is 0 Å². The van der Waals surface area contributed by atoms with E-state index in [0.717, 1.165) is 22.4 Å². The summed E-state index contributed by atoms with van der Waals surface area (Å²) in [6, 6.07) is 12.0. The largest absolute Gasteiger partial charge is 0.453 e. The van der Waals surface area contributed by atoms with E-state index in [1.807, 2.05) is 18.2 Å². The summed E-state index contributed by atoms with van der Waals surface area (Å²) in [6.07, 6.45) is 5.22. The third-order valence-corrected chi connectivity index (χ3v) is 3.22. The second kappa shape index (κ2) is 5.29. The van der Waals surface area contributed by atoms with Crippen LogP contribution in [0.4, 0.5) is 0 Å². The van der Waals surface area contributed by atoms with Crippen LogP contribution in [0.25, 0.3) is 10.9 Å². The van der Waals surface area contributed by atoms with Crippen LogP contribution in [0.1, 0.15) is 25.3 Å². The number of nitrogens with zero attached hydrogens (tertiary/aromatic N) is 2. The van der Waals surface area contributed by atoms with Crippen molar-refractivity contribution in [3.63, 3.8) is 0 Å². The van der Waals surface area contributed by atoms with Gasteiger partial charge in [-0.2, -0.15) is 0 Å². The van der Waals surface area contributed by atoms with Gasteiger partial charge in [-0.1, -0.05) is 19.9 Å². The molecule has 0 aliphatic carbocycles. The van der Waals surface area contributed by atoms with E-state index in [0.29, 0.717) is 5.92 Å². The van der Waals surface area contributed by atoms with E-state index >= 15 is 0 Å². The van der Waals surface area contributed by atoms with E-state index in [9.17, 15) is 0 Å². The Morgan fingerprint density at radius 2 is 1.90 bits per heavy atom. The first-order chi connectivity index (χ1) is 9.74. The highest BCUT2D eigenvalue weighted by atomic mass is 16.5. The van der Waals surface area contributed by atoms with E-state index in [2.05, 4.69) is 42.0 Å². The summed E-state index contributed by atoms with van der Waals surface area (Å²) in [7, 11) is 0. The Morgan fingerprint density at radius 3 is 2.65 bits per heavy atom. The monoisotopic (exact) mass is 264 g/mol. The molecule has 0 unspecified atom stereocenters. The molecular formula is C17H16N2O. The number of ether oxygens (including phenoxy) is 1. The number of fused-ring (bicyclic) bond motifs is 1. The molecule has 0 saturated carbocycles. The molecular weight excluding hydrogens is 248 g/mol. The summed E-state index contributed by atoms with van der Waals surface area (Å²) in [5.74, 6) is 1.94. The van der Waals surface area contributed by atoms with Crippen molar-refractivity contribution in [2.24, 2.45) is 0 Å². The number of hydrogen-bond acceptors (Lipinski definition) is 3. The summed E-state index contributed by atoms with van der Waals surface area (Å²) in [4.78, 5) is 8.51. The summed E-state index contributed by atoms with van der Waals surface area (Å²) in [5.41, 5.74) is 2.12. The Labute approximate surface area is 118 Å². The van der Waals surface area contributed by atoms with Crippen LogP contribution in [0.5, 0.6) is 11.5 Å². The summed E-state index contributed by atoms with van der Waals surface area (Å²) in [6.45, 7) is 4.34. The Morgan fingerprint density at radius 1 is 1.05 bits per heavy atom. The maximum atomic E-state index is 5.96. The van der Waals surface area contributed by atoms with Crippen molar-refractivity contribution in [2.45, 2.75) is 19.8 Å². The summed E-state index contributed by atoms with van der Waals surface area (Å²) < 4.78 is 5.96. The van der Waals surface area contributed by atoms with E-state index < -0.39 is 0 Å². The SMILES string of the molecule is CC(C)c1cc(Oc2cccnc2)c2ncccc2c1. The van der Waals surface area contributed by atoms with E-state index in [1.54, 1.807) is 18.6 Å². The summed E-state index contributed by atoms with van der Waals surface area (Å²) >= 11 is 0. The number of benzene rings is 1. The van der Waals surface area contributed by atoms with Gasteiger partial charge >= 0.3 is 0 Å². The van der Waals surface area contributed by atoms with Crippen LogP contribution < -0.4 is 4.74 Å². The maximum absolute atomic E-state index is 5.96. The molecule has 3 aromatic rings. The molecule has 3 nitrogen and oxygen atoms in total. The minimum absolute atomic E-state index is 0.441. The van der Waals surface area contributed by atoms with Crippen LogP contribution in [0.3, 0.4) is 0 Å². The van der Waals surface area contributed by atoms with Crippen molar-refractivity contribution in [2.75, 3.05) is 0 Å². The first kappa shape index (κ1) is 12.6. The lowest BCUT2D eigenvalue weighted by Gasteiger charge is -2.12. The number of pyridine rings is 2. The minimum Gasteiger partial charge on any atom is -0.453 e. The van der Waals surface area contributed by atoms with Gasteiger partial charge in [-0.15, -0.1) is 0 Å². The highest BCUT2D eigenvalue weighted by molar-refractivity contribution is 5.85. The van der Waals surface area contributed by atoms with Crippen LogP contribution in [0, 0.1) is 0 Å². The van der Waals surface area contributed by atoms with Gasteiger partial charge in [0.2, 0.25) is 0 Å². The molecule has 0 N–H and O–H groups in total. The Bertz CT molecular complexity index is 723. The fourth-order valence-electron chi connectivity index (χ4n) is 2.13. The molecule has 0 atom stereocenters. The van der Waals surface area contributed by atoms with E-state index in [-0.39, 0.29) is 0 Å². The van der Waals surface area contributed by atoms with Crippen LogP contribution in [0.2, 0.25) is 0 Å². The quantitative estimate of drug-likeness (QED) is 0.696. The van der Waals surface area contributed by atoms with Crippen molar-refractivity contribution >= 4 is 10.9 Å². The highest BCUT2D eigenvalue weighted by Gasteiger charge is 2.09. The normalized spacial score (nSPS) is 10.9. The van der Waals surface area contributed by atoms with Crippen LogP contribution in [-0.2, 0) is 0 Å². The molecule has 20 heavy (non-hydrogen) atoms. The zero-order valence-corrected chi connectivity index (χ0v) is 11.6. The third kappa shape index (κ3) is 2.48. The minimum atomic E-state index is 0.441. The van der Waals surface area contributed by atoms with Gasteiger partial charge in [0, 0.05) is 17.8 Å². The first-order valence-electron chi connectivity index (χ1n) is 6.70. The molecule has 0 aliphatic heterocycles. The van der Waals surface area contributed by atoms with Crippen molar-refractivity contribution in [1.29, 1.82) is 0 Å². The Kier molecular flexibility index (Phi) is 3.33. The molecule has 0 fully saturated rings. The third-order valence-electron chi connectivity index (χ3n) is 3.22. The molecule has 0 aliphatic rings. The Balaban J connectivity index is 2.12. The van der Waals surface area contributed by atoms with Gasteiger partial charge in [-0.25, -0.2) is 0 Å². The fraction of sp³-hybridized carbons (Fsp3) is 0.176. The molecule has 0 radical (unpaired) electrons. The zero-order valence-electron chi connectivity index (χ0n) is 11.6. The Hall–Kier alpha value is -2.42. The first-order valence-corrected chi connectivity index (χ1v) is 6.70. The maximum Gasteiger partial charge on any atom is 0.154 e. The second-order valence-corrected chi connectivity index (χ2v) is 5.04. The molecule has 100 valence electrons. The predicted octanol–water partition coefficient (Wildman–Crippen LogP) is 4.55. The highest BCUT2D eigenvalue weighted by Crippen LogP contribution is 2.32. The second-order valence-electron chi connectivity index (χ2n) is 5.04. The molecule has 2 aromatic heterocycles. The molecule has 0 bridgehead atoms. The van der Waals surface area contributed by atoms with Gasteiger partial charge in [-0.05, 0) is 41.8 Å². The lowest BCUT2D eigenvalue weighted by molar-refractivity contribution is 0.483. The van der Waals surface area contributed by atoms with Gasteiger partial charge < -0.3 is 4.74 Å². The predicted molar refractivity (Wildman–Crippen MR) is 80.1 cm³/mol. The van der Waals surface area contributed by atoms with Crippen LogP contribution in [-0.4, -0.2) is 9.97 Å². The smallest absolute Gasteiger partial charge is 0.154 e. The summed E-state index contributed by atoms with van der Waals surface area (Å²) in [5, 5.41) is 1.09. The lowest BCUT2D eigenvalue weighted by atomic mass is 10.0. The molecule has 3 heteroatoms. The lowest BCUT2D eigenvalue weighted by Crippen LogP contribution is -1.93. The molecule has 0 amide bonds. The van der Waals surface area contributed by atoms with Crippen molar-refractivity contribution < 1.29 is 4.74 Å². The molecule has 2 heterocycles. The fourth-order valence-corrected chi connectivity index (χ4v) is 2.13. The van der Waals surface area contributed by atoms with Crippen LogP contribution in [0.15, 0.2) is 55.0 Å². The van der Waals surface area contributed by atoms with Gasteiger partial charge in [0.05, 0.1) is 6.20 Å². The zero-order chi connectivity index (χ0) is 13.9. The average molecular weight is 264 g/mol. The van der Waals surface area contributed by atoms with Crippen molar-refractivity contribution in [3.05, 3.63) is 60.6 Å². The van der Waals surface area contributed by atoms with E-state index in [1.165, 1.54) is 5.56 Å². The molecule has 3 rings (SSSR count).